The summed E-state index contributed by atoms with van der Waals surface area (Å²) >= 11 is 0. The second-order valence-electron chi connectivity index (χ2n) is 6.60. The van der Waals surface area contributed by atoms with Gasteiger partial charge in [-0.1, -0.05) is 24.3 Å². The zero-order valence-electron chi connectivity index (χ0n) is 16.7. The quantitative estimate of drug-likeness (QED) is 0.646. The van der Waals surface area contributed by atoms with E-state index in [1.165, 1.54) is 21.3 Å². The zero-order valence-corrected chi connectivity index (χ0v) is 16.7. The average molecular weight is 400 g/mol. The second-order valence-corrected chi connectivity index (χ2v) is 6.60. The number of aliphatic carboxylic acids is 1. The van der Waals surface area contributed by atoms with E-state index in [-0.39, 0.29) is 24.7 Å². The lowest BCUT2D eigenvalue weighted by atomic mass is 9.90. The number of methoxy groups -OCH3 is 3. The van der Waals surface area contributed by atoms with Crippen LogP contribution in [0.2, 0.25) is 0 Å². The Bertz CT molecular complexity index is 920. The van der Waals surface area contributed by atoms with E-state index in [4.69, 9.17) is 18.9 Å². The summed E-state index contributed by atoms with van der Waals surface area (Å²) in [6.07, 6.45) is -0.236. The minimum atomic E-state index is -1.29. The molecular formula is C22H24O7. The Morgan fingerprint density at radius 2 is 1.76 bits per heavy atom. The van der Waals surface area contributed by atoms with Crippen molar-refractivity contribution in [1.29, 1.82) is 0 Å². The molecule has 0 bridgehead atoms. The second kappa shape index (κ2) is 9.07. The smallest absolute Gasteiger partial charge is 0.337 e. The molecule has 1 aliphatic rings. The lowest BCUT2D eigenvalue weighted by Crippen LogP contribution is -2.20. The predicted octanol–water partition coefficient (Wildman–Crippen LogP) is 3.29. The maximum Gasteiger partial charge on any atom is 0.337 e. The van der Waals surface area contributed by atoms with Gasteiger partial charge in [0.15, 0.2) is 23.4 Å². The average Bonchev–Trinajstić information content (AvgIpc) is 3.11. The number of ketones is 1. The van der Waals surface area contributed by atoms with Crippen LogP contribution in [0.1, 0.15) is 34.0 Å². The molecule has 1 aliphatic carbocycles. The van der Waals surface area contributed by atoms with Crippen LogP contribution in [-0.4, -0.2) is 51.4 Å². The molecule has 0 saturated carbocycles. The van der Waals surface area contributed by atoms with Gasteiger partial charge in [-0.3, -0.25) is 4.79 Å². The van der Waals surface area contributed by atoms with Crippen molar-refractivity contribution in [3.8, 4) is 22.6 Å². The van der Waals surface area contributed by atoms with Crippen LogP contribution >= 0.6 is 0 Å². The Labute approximate surface area is 169 Å². The first kappa shape index (κ1) is 20.8. The number of carboxylic acid groups (broad SMARTS) is 1. The molecule has 154 valence electrons. The molecule has 1 unspecified atom stereocenters. The third kappa shape index (κ3) is 3.97. The first-order valence-corrected chi connectivity index (χ1v) is 9.27. The number of carbonyl (C=O) groups excluding carboxylic acids is 1. The molecule has 0 aromatic heterocycles. The van der Waals surface area contributed by atoms with E-state index in [1.807, 2.05) is 6.07 Å². The number of rotatable bonds is 9. The van der Waals surface area contributed by atoms with Crippen LogP contribution in [0.4, 0.5) is 0 Å². The fourth-order valence-corrected chi connectivity index (χ4v) is 3.72. The van der Waals surface area contributed by atoms with Gasteiger partial charge in [-0.05, 0) is 29.2 Å². The maximum absolute atomic E-state index is 12.2. The van der Waals surface area contributed by atoms with E-state index in [9.17, 15) is 14.7 Å². The van der Waals surface area contributed by atoms with Crippen LogP contribution in [0, 0.1) is 0 Å². The van der Waals surface area contributed by atoms with Crippen molar-refractivity contribution >= 4 is 11.8 Å². The van der Waals surface area contributed by atoms with Crippen LogP contribution in [0.5, 0.6) is 11.5 Å². The molecule has 3 rings (SSSR count). The summed E-state index contributed by atoms with van der Waals surface area (Å²) in [5.74, 6) is -0.374. The number of ether oxygens (including phenoxy) is 4. The highest BCUT2D eigenvalue weighted by Gasteiger charge is 2.32. The molecule has 0 aliphatic heterocycles. The van der Waals surface area contributed by atoms with Crippen molar-refractivity contribution in [2.75, 3.05) is 34.5 Å². The molecule has 0 heterocycles. The molecule has 0 amide bonds. The summed E-state index contributed by atoms with van der Waals surface area (Å²) in [4.78, 5) is 24.3. The summed E-state index contributed by atoms with van der Waals surface area (Å²) in [7, 11) is 4.46. The van der Waals surface area contributed by atoms with Gasteiger partial charge >= 0.3 is 5.97 Å². The molecule has 29 heavy (non-hydrogen) atoms. The highest BCUT2D eigenvalue weighted by atomic mass is 16.5. The highest BCUT2D eigenvalue weighted by Crippen LogP contribution is 2.45. The van der Waals surface area contributed by atoms with Crippen molar-refractivity contribution in [1.82, 2.24) is 0 Å². The Hall–Kier alpha value is -2.90. The summed E-state index contributed by atoms with van der Waals surface area (Å²) in [6.45, 7) is 0.347. The molecule has 7 nitrogen and oxygen atoms in total. The lowest BCUT2D eigenvalue weighted by molar-refractivity contribution is -0.151. The molecule has 0 radical (unpaired) electrons. The monoisotopic (exact) mass is 400 g/mol. The standard InChI is InChI=1S/C22H24O7/c1-26-11-12-29-21(22(24)25)19-16(8-10-18(27-2)20(19)28-3)13-5-4-6-15-14(13)7-9-17(15)23/h4-6,8,10,21H,7,9,11-12H2,1-3H3,(H,24,25). The van der Waals surface area contributed by atoms with E-state index in [0.717, 1.165) is 11.1 Å². The Morgan fingerprint density at radius 3 is 2.41 bits per heavy atom. The number of Topliss-reactive ketones (excluding diaryl/α,β-unsaturated/α-hetero) is 1. The molecule has 0 saturated heterocycles. The number of hydrogen-bond acceptors (Lipinski definition) is 6. The fraction of sp³-hybridized carbons (Fsp3) is 0.364. The van der Waals surface area contributed by atoms with Crippen molar-refractivity contribution in [3.63, 3.8) is 0 Å². The van der Waals surface area contributed by atoms with Crippen molar-refractivity contribution in [2.45, 2.75) is 18.9 Å². The molecule has 7 heteroatoms. The van der Waals surface area contributed by atoms with Gasteiger partial charge in [0.1, 0.15) is 0 Å². The van der Waals surface area contributed by atoms with E-state index in [0.29, 0.717) is 35.3 Å². The normalized spacial score (nSPS) is 13.8. The molecule has 0 spiro atoms. The fourth-order valence-electron chi connectivity index (χ4n) is 3.72. The molecule has 2 aromatic rings. The third-order valence-corrected chi connectivity index (χ3v) is 5.01. The maximum atomic E-state index is 12.2. The molecule has 2 aromatic carbocycles. The van der Waals surface area contributed by atoms with Gasteiger partial charge in [0.05, 0.1) is 27.4 Å². The van der Waals surface area contributed by atoms with Crippen LogP contribution in [-0.2, 0) is 20.7 Å². The lowest BCUT2D eigenvalue weighted by Gasteiger charge is -2.23. The minimum absolute atomic E-state index is 0.0926. The molecule has 0 fully saturated rings. The molecule has 1 atom stereocenters. The van der Waals surface area contributed by atoms with Gasteiger partial charge < -0.3 is 24.1 Å². The Kier molecular flexibility index (Phi) is 6.51. The SMILES string of the molecule is COCCOC(C(=O)O)c1c(-c2cccc3c2CCC3=O)ccc(OC)c1OC. The van der Waals surface area contributed by atoms with E-state index in [1.54, 1.807) is 24.3 Å². The topological polar surface area (TPSA) is 91.3 Å². The van der Waals surface area contributed by atoms with Gasteiger partial charge in [-0.25, -0.2) is 4.79 Å². The van der Waals surface area contributed by atoms with Crippen LogP contribution in [0.25, 0.3) is 11.1 Å². The van der Waals surface area contributed by atoms with Crippen molar-refractivity contribution < 1.29 is 33.6 Å². The first-order valence-electron chi connectivity index (χ1n) is 9.27. The van der Waals surface area contributed by atoms with Crippen molar-refractivity contribution in [3.05, 3.63) is 47.0 Å². The van der Waals surface area contributed by atoms with E-state index in [2.05, 4.69) is 0 Å². The summed E-state index contributed by atoms with van der Waals surface area (Å²) in [5.41, 5.74) is 3.37. The van der Waals surface area contributed by atoms with Gasteiger partial charge in [-0.2, -0.15) is 0 Å². The number of carbonyl (C=O) groups is 2. The van der Waals surface area contributed by atoms with Crippen molar-refractivity contribution in [2.24, 2.45) is 0 Å². The number of benzene rings is 2. The van der Waals surface area contributed by atoms with Crippen LogP contribution in [0.15, 0.2) is 30.3 Å². The van der Waals surface area contributed by atoms with Gasteiger partial charge in [0, 0.05) is 24.7 Å². The summed E-state index contributed by atoms with van der Waals surface area (Å²) in [6, 6.07) is 9.00. The summed E-state index contributed by atoms with van der Waals surface area (Å²) < 4.78 is 21.6. The number of hydrogen-bond donors (Lipinski definition) is 1. The Balaban J connectivity index is 2.23. The number of carboxylic acids is 1. The van der Waals surface area contributed by atoms with Crippen LogP contribution in [0.3, 0.4) is 0 Å². The van der Waals surface area contributed by atoms with E-state index < -0.39 is 12.1 Å². The molecular weight excluding hydrogens is 376 g/mol. The Morgan fingerprint density at radius 1 is 1.00 bits per heavy atom. The number of fused-ring (bicyclic) bond motifs is 1. The van der Waals surface area contributed by atoms with Gasteiger partial charge in [0.2, 0.25) is 0 Å². The highest BCUT2D eigenvalue weighted by molar-refractivity contribution is 6.02. The van der Waals surface area contributed by atoms with E-state index >= 15 is 0 Å². The first-order chi connectivity index (χ1) is 14.0. The van der Waals surface area contributed by atoms with Gasteiger partial charge in [0.25, 0.3) is 0 Å². The largest absolute Gasteiger partial charge is 0.493 e. The molecule has 1 N–H and O–H groups in total. The third-order valence-electron chi connectivity index (χ3n) is 5.01. The minimum Gasteiger partial charge on any atom is -0.493 e. The van der Waals surface area contributed by atoms with Gasteiger partial charge in [-0.15, -0.1) is 0 Å². The zero-order chi connectivity index (χ0) is 21.0. The summed E-state index contributed by atoms with van der Waals surface area (Å²) in [5, 5.41) is 9.90. The predicted molar refractivity (Wildman–Crippen MR) is 106 cm³/mol. The van der Waals surface area contributed by atoms with Crippen LogP contribution < -0.4 is 9.47 Å².